The Morgan fingerprint density at radius 3 is 2.71 bits per heavy atom. The fourth-order valence-corrected chi connectivity index (χ4v) is 1.61. The van der Waals surface area contributed by atoms with Gasteiger partial charge in [0.05, 0.1) is 13.7 Å². The number of hydrogen-bond donors (Lipinski definition) is 1. The zero-order valence-electron chi connectivity index (χ0n) is 10.1. The quantitative estimate of drug-likeness (QED) is 0.902. The Hall–Kier alpha value is -1.26. The number of carbonyl (C=O) groups excluding carboxylic acids is 1. The summed E-state index contributed by atoms with van der Waals surface area (Å²) < 4.78 is 9.96. The molecule has 1 N–H and O–H groups in total. The van der Waals surface area contributed by atoms with Crippen molar-refractivity contribution in [2.75, 3.05) is 20.8 Å². The van der Waals surface area contributed by atoms with Crippen molar-refractivity contribution in [2.45, 2.75) is 12.5 Å². The van der Waals surface area contributed by atoms with Gasteiger partial charge in [0.1, 0.15) is 5.60 Å². The molecule has 0 bridgehead atoms. The molecule has 0 unspecified atom stereocenters. The van der Waals surface area contributed by atoms with Crippen LogP contribution in [0, 0.1) is 0 Å². The van der Waals surface area contributed by atoms with Crippen molar-refractivity contribution in [3.05, 3.63) is 34.9 Å². The van der Waals surface area contributed by atoms with Crippen molar-refractivity contribution in [3.63, 3.8) is 0 Å². The molecular formula is C12H16ClNO3. The first-order chi connectivity index (χ1) is 8.01. The standard InChI is InChI=1S/C12H16ClNO3/c1-12(17-3,8-14-11(15)16-2)9-5-4-6-10(13)7-9/h4-7H,8H2,1-3H3,(H,14,15)/t12-/m0/s1. The highest BCUT2D eigenvalue weighted by Gasteiger charge is 2.27. The van der Waals surface area contributed by atoms with Gasteiger partial charge in [0.25, 0.3) is 0 Å². The molecule has 0 aliphatic heterocycles. The third-order valence-corrected chi connectivity index (χ3v) is 2.88. The lowest BCUT2D eigenvalue weighted by molar-refractivity contribution is 0.00295. The topological polar surface area (TPSA) is 47.6 Å². The Labute approximate surface area is 106 Å². The fraction of sp³-hybridized carbons (Fsp3) is 0.417. The van der Waals surface area contributed by atoms with E-state index >= 15 is 0 Å². The SMILES string of the molecule is COC(=O)NC[C@](C)(OC)c1cccc(Cl)c1. The molecule has 94 valence electrons. The second kappa shape index (κ2) is 5.89. The fourth-order valence-electron chi connectivity index (χ4n) is 1.42. The zero-order chi connectivity index (χ0) is 12.9. The molecule has 0 radical (unpaired) electrons. The average Bonchev–Trinajstić information content (AvgIpc) is 2.35. The Kier molecular flexibility index (Phi) is 4.78. The number of methoxy groups -OCH3 is 2. The van der Waals surface area contributed by atoms with Gasteiger partial charge in [-0.1, -0.05) is 23.7 Å². The number of amides is 1. The van der Waals surface area contributed by atoms with Crippen LogP contribution in [0.1, 0.15) is 12.5 Å². The number of alkyl carbamates (subject to hydrolysis) is 1. The van der Waals surface area contributed by atoms with Gasteiger partial charge in [-0.05, 0) is 24.6 Å². The van der Waals surface area contributed by atoms with Gasteiger partial charge >= 0.3 is 6.09 Å². The molecule has 1 atom stereocenters. The lowest BCUT2D eigenvalue weighted by atomic mass is 9.96. The third kappa shape index (κ3) is 3.61. The normalized spacial score (nSPS) is 13.9. The predicted octanol–water partition coefficient (Wildman–Crippen LogP) is 2.56. The van der Waals surface area contributed by atoms with E-state index in [1.54, 1.807) is 13.2 Å². The molecule has 0 aliphatic rings. The summed E-state index contributed by atoms with van der Waals surface area (Å²) >= 11 is 5.93. The summed E-state index contributed by atoms with van der Waals surface area (Å²) in [6, 6.07) is 7.33. The molecule has 0 aliphatic carbocycles. The van der Waals surface area contributed by atoms with Crippen molar-refractivity contribution in [2.24, 2.45) is 0 Å². The van der Waals surface area contributed by atoms with E-state index in [1.165, 1.54) is 7.11 Å². The summed E-state index contributed by atoms with van der Waals surface area (Å²) in [6.07, 6.45) is -0.490. The molecule has 0 spiro atoms. The van der Waals surface area contributed by atoms with Gasteiger partial charge in [0, 0.05) is 12.1 Å². The largest absolute Gasteiger partial charge is 0.453 e. The van der Waals surface area contributed by atoms with Gasteiger partial charge < -0.3 is 14.8 Å². The molecule has 4 nitrogen and oxygen atoms in total. The Morgan fingerprint density at radius 2 is 2.18 bits per heavy atom. The van der Waals surface area contributed by atoms with Crippen LogP contribution in [-0.4, -0.2) is 26.9 Å². The van der Waals surface area contributed by atoms with E-state index in [0.717, 1.165) is 5.56 Å². The smallest absolute Gasteiger partial charge is 0.406 e. The maximum atomic E-state index is 11.1. The van der Waals surface area contributed by atoms with E-state index in [4.69, 9.17) is 16.3 Å². The zero-order valence-corrected chi connectivity index (χ0v) is 10.9. The molecule has 0 fully saturated rings. The van der Waals surface area contributed by atoms with E-state index in [2.05, 4.69) is 10.1 Å². The van der Waals surface area contributed by atoms with Crippen LogP contribution in [0.15, 0.2) is 24.3 Å². The number of carbonyl (C=O) groups is 1. The monoisotopic (exact) mass is 257 g/mol. The molecule has 0 aromatic heterocycles. The maximum Gasteiger partial charge on any atom is 0.406 e. The van der Waals surface area contributed by atoms with Crippen LogP contribution in [-0.2, 0) is 15.1 Å². The summed E-state index contributed by atoms with van der Waals surface area (Å²) in [5.74, 6) is 0. The van der Waals surface area contributed by atoms with Crippen LogP contribution < -0.4 is 5.32 Å². The second-order valence-electron chi connectivity index (χ2n) is 3.79. The van der Waals surface area contributed by atoms with E-state index in [-0.39, 0.29) is 0 Å². The molecule has 1 aromatic rings. The summed E-state index contributed by atoms with van der Waals surface area (Å²) in [5.41, 5.74) is 0.253. The number of halogens is 1. The average molecular weight is 258 g/mol. The molecule has 5 heteroatoms. The molecule has 1 aromatic carbocycles. The maximum absolute atomic E-state index is 11.1. The van der Waals surface area contributed by atoms with Crippen molar-refractivity contribution in [1.82, 2.24) is 5.32 Å². The summed E-state index contributed by atoms with van der Waals surface area (Å²) in [4.78, 5) is 11.1. The van der Waals surface area contributed by atoms with Crippen LogP contribution in [0.25, 0.3) is 0 Å². The van der Waals surface area contributed by atoms with Gasteiger partial charge in [-0.2, -0.15) is 0 Å². The van der Waals surface area contributed by atoms with Crippen LogP contribution in [0.5, 0.6) is 0 Å². The summed E-state index contributed by atoms with van der Waals surface area (Å²) in [6.45, 7) is 2.17. The number of rotatable bonds is 4. The number of nitrogens with one attached hydrogen (secondary N) is 1. The van der Waals surface area contributed by atoms with Crippen LogP contribution in [0.4, 0.5) is 4.79 Å². The number of ether oxygens (including phenoxy) is 2. The molecule has 17 heavy (non-hydrogen) atoms. The first-order valence-electron chi connectivity index (χ1n) is 5.15. The van der Waals surface area contributed by atoms with Gasteiger partial charge in [-0.15, -0.1) is 0 Å². The summed E-state index contributed by atoms with van der Waals surface area (Å²) in [7, 11) is 2.90. The lowest BCUT2D eigenvalue weighted by Crippen LogP contribution is -2.40. The van der Waals surface area contributed by atoms with Gasteiger partial charge in [-0.25, -0.2) is 4.79 Å². The number of benzene rings is 1. The van der Waals surface area contributed by atoms with Crippen LogP contribution in [0.3, 0.4) is 0 Å². The van der Waals surface area contributed by atoms with Gasteiger partial charge in [-0.3, -0.25) is 0 Å². The predicted molar refractivity (Wildman–Crippen MR) is 66.2 cm³/mol. The third-order valence-electron chi connectivity index (χ3n) is 2.64. The molecule has 1 rings (SSSR count). The molecule has 0 saturated carbocycles. The molecular weight excluding hydrogens is 242 g/mol. The van der Waals surface area contributed by atoms with E-state index in [9.17, 15) is 4.79 Å². The Bertz CT molecular complexity index is 397. The Balaban J connectivity index is 2.84. The lowest BCUT2D eigenvalue weighted by Gasteiger charge is -2.28. The minimum atomic E-state index is -0.640. The highest BCUT2D eigenvalue weighted by Crippen LogP contribution is 2.26. The van der Waals surface area contributed by atoms with Crippen LogP contribution in [0.2, 0.25) is 5.02 Å². The molecule has 1 amide bonds. The Morgan fingerprint density at radius 1 is 1.47 bits per heavy atom. The molecule has 0 saturated heterocycles. The minimum Gasteiger partial charge on any atom is -0.453 e. The second-order valence-corrected chi connectivity index (χ2v) is 4.23. The van der Waals surface area contributed by atoms with Crippen LogP contribution >= 0.6 is 11.6 Å². The first kappa shape index (κ1) is 13.8. The van der Waals surface area contributed by atoms with Crippen molar-refractivity contribution in [1.29, 1.82) is 0 Å². The van der Waals surface area contributed by atoms with Crippen molar-refractivity contribution >= 4 is 17.7 Å². The van der Waals surface area contributed by atoms with E-state index < -0.39 is 11.7 Å². The summed E-state index contributed by atoms with van der Waals surface area (Å²) in [5, 5.41) is 3.24. The highest BCUT2D eigenvalue weighted by atomic mass is 35.5. The van der Waals surface area contributed by atoms with Gasteiger partial charge in [0.15, 0.2) is 0 Å². The molecule has 0 heterocycles. The van der Waals surface area contributed by atoms with Crippen molar-refractivity contribution < 1.29 is 14.3 Å². The van der Waals surface area contributed by atoms with Gasteiger partial charge in [0.2, 0.25) is 0 Å². The highest BCUT2D eigenvalue weighted by molar-refractivity contribution is 6.30. The minimum absolute atomic E-state index is 0.302. The number of hydrogen-bond acceptors (Lipinski definition) is 3. The van der Waals surface area contributed by atoms with E-state index in [1.807, 2.05) is 25.1 Å². The first-order valence-corrected chi connectivity index (χ1v) is 5.52. The van der Waals surface area contributed by atoms with Crippen molar-refractivity contribution in [3.8, 4) is 0 Å². The van der Waals surface area contributed by atoms with E-state index in [0.29, 0.717) is 11.6 Å².